The van der Waals surface area contributed by atoms with E-state index in [0.717, 1.165) is 56.3 Å². The smallest absolute Gasteiger partial charge is 0.416 e. The van der Waals surface area contributed by atoms with Crippen LogP contribution in [0.4, 0.5) is 13.2 Å². The quantitative estimate of drug-likeness (QED) is 0.897. The second-order valence-corrected chi connectivity index (χ2v) is 7.18. The van der Waals surface area contributed by atoms with Crippen molar-refractivity contribution in [1.29, 1.82) is 0 Å². The molecule has 132 valence electrons. The maximum absolute atomic E-state index is 12.6. The summed E-state index contributed by atoms with van der Waals surface area (Å²) in [7, 11) is 0. The lowest BCUT2D eigenvalue weighted by Crippen LogP contribution is -2.36. The summed E-state index contributed by atoms with van der Waals surface area (Å²) in [6, 6.07) is 5.17. The normalized spacial score (nSPS) is 24.4. The van der Waals surface area contributed by atoms with Gasteiger partial charge in [-0.3, -0.25) is 9.69 Å². The first-order valence-corrected chi connectivity index (χ1v) is 8.41. The predicted octanol–water partition coefficient (Wildman–Crippen LogP) is 4.17. The first kappa shape index (κ1) is 17.3. The van der Waals surface area contributed by atoms with Gasteiger partial charge in [-0.15, -0.1) is 0 Å². The lowest BCUT2D eigenvalue weighted by molar-refractivity contribution is -0.145. The number of rotatable bonds is 3. The fraction of sp³-hybridized carbons (Fsp3) is 0.611. The molecule has 0 radical (unpaired) electrons. The Morgan fingerprint density at radius 3 is 2.33 bits per heavy atom. The van der Waals surface area contributed by atoms with Crippen molar-refractivity contribution in [2.45, 2.75) is 44.8 Å². The molecule has 1 spiro atoms. The molecule has 1 aliphatic heterocycles. The second-order valence-electron chi connectivity index (χ2n) is 7.18. The van der Waals surface area contributed by atoms with E-state index in [9.17, 15) is 23.1 Å². The second kappa shape index (κ2) is 6.39. The number of hydrogen-bond acceptors (Lipinski definition) is 2. The summed E-state index contributed by atoms with van der Waals surface area (Å²) in [6.07, 6.45) is 0.844. The van der Waals surface area contributed by atoms with Crippen molar-refractivity contribution in [2.75, 3.05) is 13.1 Å². The molecule has 3 rings (SSSR count). The zero-order valence-corrected chi connectivity index (χ0v) is 13.5. The van der Waals surface area contributed by atoms with E-state index in [-0.39, 0.29) is 11.3 Å². The Bertz CT molecular complexity index is 591. The van der Waals surface area contributed by atoms with Gasteiger partial charge < -0.3 is 5.11 Å². The topological polar surface area (TPSA) is 40.5 Å². The summed E-state index contributed by atoms with van der Waals surface area (Å²) in [6.45, 7) is 1.71. The molecule has 6 heteroatoms. The summed E-state index contributed by atoms with van der Waals surface area (Å²) >= 11 is 0. The Kier molecular flexibility index (Phi) is 4.60. The summed E-state index contributed by atoms with van der Waals surface area (Å²) in [5, 5.41) is 9.59. The molecule has 2 aliphatic rings. The van der Waals surface area contributed by atoms with Crippen LogP contribution in [0, 0.1) is 11.3 Å². The molecule has 2 fully saturated rings. The highest BCUT2D eigenvalue weighted by molar-refractivity contribution is 5.72. The molecule has 0 aromatic heterocycles. The molecular weight excluding hydrogens is 319 g/mol. The Hall–Kier alpha value is -1.56. The lowest BCUT2D eigenvalue weighted by atomic mass is 9.68. The van der Waals surface area contributed by atoms with Crippen LogP contribution in [0.3, 0.4) is 0 Å². The fourth-order valence-electron chi connectivity index (χ4n) is 4.35. The van der Waals surface area contributed by atoms with Crippen molar-refractivity contribution in [3.8, 4) is 0 Å². The number of carboxylic acids is 1. The van der Waals surface area contributed by atoms with Crippen LogP contribution in [0.25, 0.3) is 0 Å². The van der Waals surface area contributed by atoms with E-state index in [2.05, 4.69) is 4.90 Å². The highest BCUT2D eigenvalue weighted by atomic mass is 19.4. The Morgan fingerprint density at radius 1 is 1.17 bits per heavy atom. The van der Waals surface area contributed by atoms with E-state index in [0.29, 0.717) is 13.1 Å². The van der Waals surface area contributed by atoms with E-state index in [1.165, 1.54) is 12.1 Å². The number of nitrogens with zero attached hydrogens (tertiary/aromatic N) is 1. The predicted molar refractivity (Wildman–Crippen MR) is 83.4 cm³/mol. The van der Waals surface area contributed by atoms with Crippen molar-refractivity contribution in [3.63, 3.8) is 0 Å². The average molecular weight is 341 g/mol. The molecule has 0 bridgehead atoms. The number of hydrogen-bond donors (Lipinski definition) is 1. The standard InChI is InChI=1S/C18H22F3NO2/c19-18(20,21)14-6-4-13(5-7-14)10-22-11-15(16(23)24)17(12-22)8-2-1-3-9-17/h4-7,15H,1-3,8-12H2,(H,23,24). The molecule has 1 unspecified atom stereocenters. The van der Waals surface area contributed by atoms with Crippen LogP contribution in [0.5, 0.6) is 0 Å². The van der Waals surface area contributed by atoms with Gasteiger partial charge in [0, 0.05) is 19.6 Å². The van der Waals surface area contributed by atoms with Gasteiger partial charge in [0.1, 0.15) is 0 Å². The van der Waals surface area contributed by atoms with Crippen LogP contribution in [0.2, 0.25) is 0 Å². The SMILES string of the molecule is O=C(O)C1CN(Cc2ccc(C(F)(F)F)cc2)CC12CCCCC2. The molecule has 1 aromatic carbocycles. The summed E-state index contributed by atoms with van der Waals surface area (Å²) < 4.78 is 37.9. The zero-order chi connectivity index (χ0) is 17.4. The van der Waals surface area contributed by atoms with Crippen molar-refractivity contribution >= 4 is 5.97 Å². The van der Waals surface area contributed by atoms with Gasteiger partial charge >= 0.3 is 12.1 Å². The van der Waals surface area contributed by atoms with E-state index in [1.807, 2.05) is 0 Å². The van der Waals surface area contributed by atoms with Crippen LogP contribution < -0.4 is 0 Å². The monoisotopic (exact) mass is 341 g/mol. The molecule has 1 N–H and O–H groups in total. The van der Waals surface area contributed by atoms with E-state index in [4.69, 9.17) is 0 Å². The minimum Gasteiger partial charge on any atom is -0.481 e. The summed E-state index contributed by atoms with van der Waals surface area (Å²) in [5.41, 5.74) is -0.0180. The zero-order valence-electron chi connectivity index (χ0n) is 13.5. The highest BCUT2D eigenvalue weighted by Crippen LogP contribution is 2.48. The molecule has 1 heterocycles. The van der Waals surface area contributed by atoms with Crippen LogP contribution in [-0.4, -0.2) is 29.1 Å². The molecule has 24 heavy (non-hydrogen) atoms. The summed E-state index contributed by atoms with van der Waals surface area (Å²) in [4.78, 5) is 13.8. The number of alkyl halides is 3. The number of benzene rings is 1. The third kappa shape index (κ3) is 3.43. The van der Waals surface area contributed by atoms with Gasteiger partial charge in [0.25, 0.3) is 0 Å². The Morgan fingerprint density at radius 2 is 1.79 bits per heavy atom. The Balaban J connectivity index is 1.71. The molecule has 3 nitrogen and oxygen atoms in total. The first-order valence-electron chi connectivity index (χ1n) is 8.41. The van der Waals surface area contributed by atoms with Crippen molar-refractivity contribution in [1.82, 2.24) is 4.90 Å². The fourth-order valence-corrected chi connectivity index (χ4v) is 4.35. The van der Waals surface area contributed by atoms with Crippen molar-refractivity contribution < 1.29 is 23.1 Å². The number of carboxylic acid groups (broad SMARTS) is 1. The largest absolute Gasteiger partial charge is 0.481 e. The maximum Gasteiger partial charge on any atom is 0.416 e. The summed E-state index contributed by atoms with van der Waals surface area (Å²) in [5.74, 6) is -1.11. The van der Waals surface area contributed by atoms with E-state index < -0.39 is 17.7 Å². The third-order valence-corrected chi connectivity index (χ3v) is 5.55. The molecule has 1 saturated heterocycles. The van der Waals surface area contributed by atoms with Crippen LogP contribution in [0.1, 0.15) is 43.2 Å². The van der Waals surface area contributed by atoms with E-state index in [1.54, 1.807) is 0 Å². The third-order valence-electron chi connectivity index (χ3n) is 5.55. The van der Waals surface area contributed by atoms with Gasteiger partial charge in [0.15, 0.2) is 0 Å². The number of likely N-dealkylation sites (tertiary alicyclic amines) is 1. The molecule has 1 atom stereocenters. The molecule has 1 saturated carbocycles. The van der Waals surface area contributed by atoms with Gasteiger partial charge in [-0.2, -0.15) is 13.2 Å². The van der Waals surface area contributed by atoms with Crippen molar-refractivity contribution in [3.05, 3.63) is 35.4 Å². The maximum atomic E-state index is 12.6. The molecule has 1 aliphatic carbocycles. The van der Waals surface area contributed by atoms with Crippen molar-refractivity contribution in [2.24, 2.45) is 11.3 Å². The van der Waals surface area contributed by atoms with Gasteiger partial charge in [-0.25, -0.2) is 0 Å². The average Bonchev–Trinajstić information content (AvgIpc) is 2.85. The van der Waals surface area contributed by atoms with Gasteiger partial charge in [0.2, 0.25) is 0 Å². The van der Waals surface area contributed by atoms with Crippen LogP contribution >= 0.6 is 0 Å². The number of halogens is 3. The molecular formula is C18H22F3NO2. The van der Waals surface area contributed by atoms with Crippen LogP contribution in [-0.2, 0) is 17.5 Å². The highest BCUT2D eigenvalue weighted by Gasteiger charge is 2.50. The van der Waals surface area contributed by atoms with E-state index >= 15 is 0 Å². The van der Waals surface area contributed by atoms with Gasteiger partial charge in [0.05, 0.1) is 11.5 Å². The Labute approximate surface area is 139 Å². The van der Waals surface area contributed by atoms with Gasteiger partial charge in [-0.05, 0) is 36.0 Å². The minimum absolute atomic E-state index is 0.157. The van der Waals surface area contributed by atoms with Gasteiger partial charge in [-0.1, -0.05) is 31.4 Å². The first-order chi connectivity index (χ1) is 11.3. The number of aliphatic carboxylic acids is 1. The minimum atomic E-state index is -4.33. The lowest BCUT2D eigenvalue weighted by Gasteiger charge is -2.36. The molecule has 1 aromatic rings. The molecule has 0 amide bonds. The van der Waals surface area contributed by atoms with Crippen LogP contribution in [0.15, 0.2) is 24.3 Å². The number of carbonyl (C=O) groups is 1.